The summed E-state index contributed by atoms with van der Waals surface area (Å²) >= 11 is 7.97. The summed E-state index contributed by atoms with van der Waals surface area (Å²) in [6, 6.07) is 25.6. The van der Waals surface area contributed by atoms with Crippen molar-refractivity contribution in [2.75, 3.05) is 12.4 Å². The first-order valence-corrected chi connectivity index (χ1v) is 13.9. The third-order valence-corrected chi connectivity index (χ3v) is 6.92. The average molecular weight is 696 g/mol. The van der Waals surface area contributed by atoms with Gasteiger partial charge < -0.3 is 19.5 Å². The molecule has 42 heavy (non-hydrogen) atoms. The van der Waals surface area contributed by atoms with Crippen molar-refractivity contribution in [1.82, 2.24) is 0 Å². The molecule has 0 aliphatic heterocycles. The largest absolute Gasteiger partial charge is 0.493 e. The standard InChI is InChI=1S/C31H23ClIN3O6/c1-40-29-16-22(15-28(33)30(29)42-19-21-3-2-4-26(14-21)36(38)39)13-23(17-34)31(37)35-25-9-11-27(12-10-25)41-18-20-5-7-24(32)8-6-20/h2-16H,18-19H2,1H3,(H,35,37)/b23-13+. The number of ether oxygens (including phenoxy) is 3. The van der Waals surface area contributed by atoms with E-state index in [1.807, 2.05) is 18.2 Å². The maximum Gasteiger partial charge on any atom is 0.269 e. The fraction of sp³-hybridized carbons (Fsp3) is 0.0968. The molecule has 0 saturated heterocycles. The Hall–Kier alpha value is -4.60. The number of halogens is 2. The van der Waals surface area contributed by atoms with E-state index in [4.69, 9.17) is 25.8 Å². The molecule has 1 amide bonds. The van der Waals surface area contributed by atoms with Gasteiger partial charge in [0.2, 0.25) is 0 Å². The fourth-order valence-corrected chi connectivity index (χ4v) is 4.68. The van der Waals surface area contributed by atoms with Crippen LogP contribution in [0.4, 0.5) is 11.4 Å². The number of nitrogens with one attached hydrogen (secondary N) is 1. The van der Waals surface area contributed by atoms with E-state index in [-0.39, 0.29) is 17.9 Å². The van der Waals surface area contributed by atoms with E-state index in [9.17, 15) is 20.2 Å². The van der Waals surface area contributed by atoms with Crippen LogP contribution in [-0.2, 0) is 18.0 Å². The Morgan fingerprint density at radius 2 is 1.74 bits per heavy atom. The summed E-state index contributed by atoms with van der Waals surface area (Å²) in [5.74, 6) is 0.856. The number of carbonyl (C=O) groups is 1. The van der Waals surface area contributed by atoms with Crippen molar-refractivity contribution in [2.24, 2.45) is 0 Å². The summed E-state index contributed by atoms with van der Waals surface area (Å²) in [6.45, 7) is 0.450. The molecule has 9 nitrogen and oxygen atoms in total. The van der Waals surface area contributed by atoms with Crippen LogP contribution in [0.1, 0.15) is 16.7 Å². The topological polar surface area (TPSA) is 124 Å². The highest BCUT2D eigenvalue weighted by atomic mass is 127. The first kappa shape index (κ1) is 30.4. The summed E-state index contributed by atoms with van der Waals surface area (Å²) in [5, 5.41) is 24.1. The molecule has 0 spiro atoms. The van der Waals surface area contributed by atoms with Crippen LogP contribution in [0.2, 0.25) is 5.02 Å². The molecular formula is C31H23ClIN3O6. The number of nitro benzene ring substituents is 1. The zero-order chi connectivity index (χ0) is 30.1. The Morgan fingerprint density at radius 3 is 2.40 bits per heavy atom. The number of benzene rings is 4. The predicted octanol–water partition coefficient (Wildman–Crippen LogP) is 7.57. The summed E-state index contributed by atoms with van der Waals surface area (Å²) in [5.41, 5.74) is 2.50. The molecule has 4 rings (SSSR count). The van der Waals surface area contributed by atoms with Gasteiger partial charge in [-0.3, -0.25) is 14.9 Å². The first-order valence-electron chi connectivity index (χ1n) is 12.4. The van der Waals surface area contributed by atoms with Gasteiger partial charge in [0.25, 0.3) is 11.6 Å². The molecule has 0 fully saturated rings. The molecule has 0 atom stereocenters. The average Bonchev–Trinajstić information content (AvgIpc) is 2.99. The molecule has 0 aliphatic rings. The van der Waals surface area contributed by atoms with Crippen LogP contribution in [0.25, 0.3) is 6.08 Å². The number of anilines is 1. The van der Waals surface area contributed by atoms with Crippen LogP contribution in [-0.4, -0.2) is 17.9 Å². The van der Waals surface area contributed by atoms with Gasteiger partial charge in [0.15, 0.2) is 11.5 Å². The van der Waals surface area contributed by atoms with Crippen LogP contribution in [0.5, 0.6) is 17.2 Å². The highest BCUT2D eigenvalue weighted by Gasteiger charge is 2.15. The maximum atomic E-state index is 12.9. The number of nitrogens with zero attached hydrogens (tertiary/aromatic N) is 2. The van der Waals surface area contributed by atoms with E-state index in [0.717, 1.165) is 5.56 Å². The van der Waals surface area contributed by atoms with Gasteiger partial charge in [-0.2, -0.15) is 5.26 Å². The lowest BCUT2D eigenvalue weighted by Crippen LogP contribution is -2.13. The fourth-order valence-electron chi connectivity index (χ4n) is 3.77. The van der Waals surface area contributed by atoms with E-state index in [0.29, 0.717) is 49.3 Å². The van der Waals surface area contributed by atoms with E-state index >= 15 is 0 Å². The van der Waals surface area contributed by atoms with Gasteiger partial charge in [-0.15, -0.1) is 0 Å². The second-order valence-electron chi connectivity index (χ2n) is 8.81. The van der Waals surface area contributed by atoms with Crippen molar-refractivity contribution in [3.8, 4) is 23.3 Å². The van der Waals surface area contributed by atoms with Gasteiger partial charge in [0.05, 0.1) is 15.6 Å². The summed E-state index contributed by atoms with van der Waals surface area (Å²) in [6.07, 6.45) is 1.45. The number of nitro groups is 1. The number of carbonyl (C=O) groups excluding carboxylic acids is 1. The predicted molar refractivity (Wildman–Crippen MR) is 168 cm³/mol. The molecule has 0 saturated carbocycles. The van der Waals surface area contributed by atoms with Crippen LogP contribution < -0.4 is 19.5 Å². The number of nitriles is 1. The van der Waals surface area contributed by atoms with E-state index in [1.165, 1.54) is 25.3 Å². The molecule has 0 radical (unpaired) electrons. The molecule has 0 bridgehead atoms. The zero-order valence-corrected chi connectivity index (χ0v) is 25.1. The molecular weight excluding hydrogens is 673 g/mol. The number of rotatable bonds is 11. The number of hydrogen-bond donors (Lipinski definition) is 1. The molecule has 0 aliphatic carbocycles. The van der Waals surface area contributed by atoms with Gasteiger partial charge in [0, 0.05) is 22.8 Å². The third kappa shape index (κ3) is 8.22. The minimum absolute atomic E-state index is 0.0287. The summed E-state index contributed by atoms with van der Waals surface area (Å²) in [4.78, 5) is 23.4. The minimum Gasteiger partial charge on any atom is -0.493 e. The number of amides is 1. The third-order valence-electron chi connectivity index (χ3n) is 5.86. The Labute approximate surface area is 260 Å². The molecule has 0 aromatic heterocycles. The van der Waals surface area contributed by atoms with Gasteiger partial charge in [-0.05, 0) is 93.9 Å². The minimum atomic E-state index is -0.577. The number of non-ortho nitro benzene ring substituents is 1. The summed E-state index contributed by atoms with van der Waals surface area (Å²) in [7, 11) is 1.47. The maximum absolute atomic E-state index is 12.9. The van der Waals surface area contributed by atoms with Crippen molar-refractivity contribution in [3.05, 3.63) is 126 Å². The van der Waals surface area contributed by atoms with Crippen LogP contribution in [0.3, 0.4) is 0 Å². The van der Waals surface area contributed by atoms with Crippen molar-refractivity contribution in [1.29, 1.82) is 5.26 Å². The van der Waals surface area contributed by atoms with E-state index in [1.54, 1.807) is 60.7 Å². The number of methoxy groups -OCH3 is 1. The highest BCUT2D eigenvalue weighted by molar-refractivity contribution is 14.1. The van der Waals surface area contributed by atoms with Gasteiger partial charge in [-0.25, -0.2) is 0 Å². The second kappa shape index (κ2) is 14.3. The lowest BCUT2D eigenvalue weighted by Gasteiger charge is -2.14. The van der Waals surface area contributed by atoms with Crippen molar-refractivity contribution in [2.45, 2.75) is 13.2 Å². The van der Waals surface area contributed by atoms with Gasteiger partial charge >= 0.3 is 0 Å². The van der Waals surface area contributed by atoms with Gasteiger partial charge in [-0.1, -0.05) is 35.9 Å². The molecule has 0 unspecified atom stereocenters. The van der Waals surface area contributed by atoms with Crippen LogP contribution in [0, 0.1) is 25.0 Å². The van der Waals surface area contributed by atoms with E-state index in [2.05, 4.69) is 27.9 Å². The molecule has 0 heterocycles. The Balaban J connectivity index is 1.42. The Bertz CT molecular complexity index is 1670. The first-order chi connectivity index (χ1) is 20.2. The normalized spacial score (nSPS) is 10.9. The summed E-state index contributed by atoms with van der Waals surface area (Å²) < 4.78 is 17.8. The van der Waals surface area contributed by atoms with Crippen LogP contribution in [0.15, 0.2) is 90.5 Å². The van der Waals surface area contributed by atoms with Crippen molar-refractivity contribution >= 4 is 57.5 Å². The van der Waals surface area contributed by atoms with Gasteiger partial charge in [0.1, 0.15) is 30.6 Å². The smallest absolute Gasteiger partial charge is 0.269 e. The molecule has 4 aromatic rings. The monoisotopic (exact) mass is 695 g/mol. The lowest BCUT2D eigenvalue weighted by molar-refractivity contribution is -0.384. The highest BCUT2D eigenvalue weighted by Crippen LogP contribution is 2.35. The Kier molecular flexibility index (Phi) is 10.4. The lowest BCUT2D eigenvalue weighted by atomic mass is 10.1. The van der Waals surface area contributed by atoms with Crippen LogP contribution >= 0.6 is 34.2 Å². The molecule has 4 aromatic carbocycles. The Morgan fingerprint density at radius 1 is 1.02 bits per heavy atom. The van der Waals surface area contributed by atoms with Crippen molar-refractivity contribution < 1.29 is 23.9 Å². The molecule has 212 valence electrons. The number of hydrogen-bond acceptors (Lipinski definition) is 7. The van der Waals surface area contributed by atoms with Crippen molar-refractivity contribution in [3.63, 3.8) is 0 Å². The molecule has 1 N–H and O–H groups in total. The SMILES string of the molecule is COc1cc(/C=C(\C#N)C(=O)Nc2ccc(OCc3ccc(Cl)cc3)cc2)cc(I)c1OCc1cccc([N+](=O)[O-])c1. The zero-order valence-electron chi connectivity index (χ0n) is 22.2. The molecule has 11 heteroatoms. The quantitative estimate of drug-likeness (QED) is 0.0565. The van der Waals surface area contributed by atoms with E-state index < -0.39 is 10.8 Å². The second-order valence-corrected chi connectivity index (χ2v) is 10.4.